The Kier molecular flexibility index (Phi) is 3.93. The van der Waals surface area contributed by atoms with E-state index >= 15 is 0 Å². The average molecular weight is 260 g/mol. The first-order chi connectivity index (χ1) is 8.95. The third-order valence-corrected chi connectivity index (χ3v) is 2.97. The van der Waals surface area contributed by atoms with Crippen molar-refractivity contribution in [1.29, 1.82) is 0 Å². The van der Waals surface area contributed by atoms with Crippen LogP contribution >= 0.6 is 0 Å². The SMILES string of the molecule is CC(C)(C)C1OC(=O)C=C(CCc2ccccc2)O1. The van der Waals surface area contributed by atoms with Crippen molar-refractivity contribution in [3.05, 3.63) is 47.7 Å². The Labute approximate surface area is 114 Å². The van der Waals surface area contributed by atoms with Crippen LogP contribution in [0.1, 0.15) is 32.8 Å². The number of hydrogen-bond acceptors (Lipinski definition) is 3. The zero-order valence-electron chi connectivity index (χ0n) is 11.7. The van der Waals surface area contributed by atoms with Gasteiger partial charge in [0.2, 0.25) is 6.29 Å². The molecule has 0 fully saturated rings. The number of allylic oxidation sites excluding steroid dienone is 1. The topological polar surface area (TPSA) is 35.5 Å². The molecule has 0 spiro atoms. The molecule has 1 aliphatic rings. The van der Waals surface area contributed by atoms with Crippen LogP contribution in [0.25, 0.3) is 0 Å². The van der Waals surface area contributed by atoms with Gasteiger partial charge in [0, 0.05) is 11.8 Å². The van der Waals surface area contributed by atoms with Gasteiger partial charge in [0.05, 0.1) is 6.08 Å². The summed E-state index contributed by atoms with van der Waals surface area (Å²) in [7, 11) is 0. The minimum absolute atomic E-state index is 0.220. The van der Waals surface area contributed by atoms with Crippen LogP contribution in [0.3, 0.4) is 0 Å². The molecule has 0 amide bonds. The van der Waals surface area contributed by atoms with Crippen LogP contribution in [0.15, 0.2) is 42.2 Å². The number of benzene rings is 1. The van der Waals surface area contributed by atoms with Crippen LogP contribution in [-0.4, -0.2) is 12.3 Å². The Balaban J connectivity index is 1.98. The highest BCUT2D eigenvalue weighted by molar-refractivity contribution is 5.83. The quantitative estimate of drug-likeness (QED) is 0.781. The lowest BCUT2D eigenvalue weighted by atomic mass is 9.95. The van der Waals surface area contributed by atoms with Crippen LogP contribution < -0.4 is 0 Å². The molecule has 1 unspecified atom stereocenters. The maximum absolute atomic E-state index is 11.6. The summed E-state index contributed by atoms with van der Waals surface area (Å²) >= 11 is 0. The Morgan fingerprint density at radius 2 is 1.74 bits per heavy atom. The van der Waals surface area contributed by atoms with Crippen molar-refractivity contribution >= 4 is 5.97 Å². The monoisotopic (exact) mass is 260 g/mol. The number of ether oxygens (including phenoxy) is 2. The van der Waals surface area contributed by atoms with Crippen molar-refractivity contribution in [3.8, 4) is 0 Å². The van der Waals surface area contributed by atoms with E-state index in [2.05, 4.69) is 12.1 Å². The Morgan fingerprint density at radius 3 is 2.37 bits per heavy atom. The molecule has 0 aromatic heterocycles. The Bertz CT molecular complexity index is 469. The van der Waals surface area contributed by atoms with E-state index in [1.807, 2.05) is 39.0 Å². The molecule has 1 heterocycles. The molecule has 19 heavy (non-hydrogen) atoms. The third-order valence-electron chi connectivity index (χ3n) is 2.97. The maximum Gasteiger partial charge on any atom is 0.337 e. The number of carbonyl (C=O) groups is 1. The maximum atomic E-state index is 11.6. The van der Waals surface area contributed by atoms with Gasteiger partial charge in [-0.2, -0.15) is 0 Å². The van der Waals surface area contributed by atoms with E-state index < -0.39 is 6.29 Å². The number of carbonyl (C=O) groups excluding carboxylic acids is 1. The highest BCUT2D eigenvalue weighted by atomic mass is 16.7. The summed E-state index contributed by atoms with van der Waals surface area (Å²) in [5, 5.41) is 0. The molecule has 0 saturated heterocycles. The van der Waals surface area contributed by atoms with Gasteiger partial charge in [0.1, 0.15) is 5.76 Å². The van der Waals surface area contributed by atoms with Gasteiger partial charge in [0.25, 0.3) is 0 Å². The fourth-order valence-corrected chi connectivity index (χ4v) is 1.86. The molecule has 1 atom stereocenters. The minimum atomic E-state index is -0.504. The van der Waals surface area contributed by atoms with Crippen molar-refractivity contribution < 1.29 is 14.3 Å². The second-order valence-electron chi connectivity index (χ2n) is 5.85. The summed E-state index contributed by atoms with van der Waals surface area (Å²) in [5.41, 5.74) is 1.01. The molecule has 1 aromatic carbocycles. The molecule has 0 aliphatic carbocycles. The highest BCUT2D eigenvalue weighted by Gasteiger charge is 2.33. The largest absolute Gasteiger partial charge is 0.458 e. The van der Waals surface area contributed by atoms with E-state index in [-0.39, 0.29) is 11.4 Å². The minimum Gasteiger partial charge on any atom is -0.458 e. The lowest BCUT2D eigenvalue weighted by Gasteiger charge is -2.33. The molecular weight excluding hydrogens is 240 g/mol. The second-order valence-corrected chi connectivity index (χ2v) is 5.85. The molecule has 1 aromatic rings. The fraction of sp³-hybridized carbons (Fsp3) is 0.438. The fourth-order valence-electron chi connectivity index (χ4n) is 1.86. The normalized spacial score (nSPS) is 19.4. The second kappa shape index (κ2) is 5.47. The molecule has 0 bridgehead atoms. The van der Waals surface area contributed by atoms with E-state index in [1.54, 1.807) is 0 Å². The molecule has 1 aliphatic heterocycles. The van der Waals surface area contributed by atoms with Gasteiger partial charge in [-0.3, -0.25) is 0 Å². The smallest absolute Gasteiger partial charge is 0.337 e. The molecule has 0 N–H and O–H groups in total. The predicted molar refractivity (Wildman–Crippen MR) is 73.3 cm³/mol. The first-order valence-corrected chi connectivity index (χ1v) is 6.57. The summed E-state index contributed by atoms with van der Waals surface area (Å²) in [6, 6.07) is 10.2. The van der Waals surface area contributed by atoms with Gasteiger partial charge >= 0.3 is 5.97 Å². The highest BCUT2D eigenvalue weighted by Crippen LogP contribution is 2.29. The molecule has 3 heteroatoms. The van der Waals surface area contributed by atoms with Gasteiger partial charge in [-0.1, -0.05) is 51.1 Å². The van der Waals surface area contributed by atoms with Crippen molar-refractivity contribution in [3.63, 3.8) is 0 Å². The molecule has 0 radical (unpaired) electrons. The van der Waals surface area contributed by atoms with Gasteiger partial charge < -0.3 is 9.47 Å². The van der Waals surface area contributed by atoms with E-state index in [4.69, 9.17) is 9.47 Å². The molecule has 102 valence electrons. The van der Waals surface area contributed by atoms with Crippen LogP contribution in [-0.2, 0) is 20.7 Å². The number of esters is 1. The number of cyclic esters (lactones) is 1. The molecule has 3 nitrogen and oxygen atoms in total. The third kappa shape index (κ3) is 3.85. The summed E-state index contributed by atoms with van der Waals surface area (Å²) in [4.78, 5) is 11.6. The van der Waals surface area contributed by atoms with Crippen LogP contribution in [0, 0.1) is 5.41 Å². The number of hydrogen-bond donors (Lipinski definition) is 0. The van der Waals surface area contributed by atoms with Gasteiger partial charge in [-0.15, -0.1) is 0 Å². The predicted octanol–water partition coefficient (Wildman–Crippen LogP) is 3.45. The Morgan fingerprint density at radius 1 is 1.05 bits per heavy atom. The summed E-state index contributed by atoms with van der Waals surface area (Å²) < 4.78 is 11.0. The summed E-state index contributed by atoms with van der Waals surface area (Å²) in [5.74, 6) is 0.397. The van der Waals surface area contributed by atoms with Gasteiger partial charge in [-0.05, 0) is 12.0 Å². The van der Waals surface area contributed by atoms with Crippen molar-refractivity contribution in [2.24, 2.45) is 5.41 Å². The van der Waals surface area contributed by atoms with Crippen molar-refractivity contribution in [1.82, 2.24) is 0 Å². The van der Waals surface area contributed by atoms with Crippen LogP contribution in [0.4, 0.5) is 0 Å². The zero-order valence-corrected chi connectivity index (χ0v) is 11.7. The Hall–Kier alpha value is -1.77. The first kappa shape index (κ1) is 13.7. The van der Waals surface area contributed by atoms with E-state index in [1.165, 1.54) is 11.6 Å². The zero-order chi connectivity index (χ0) is 13.9. The first-order valence-electron chi connectivity index (χ1n) is 6.57. The standard InChI is InChI=1S/C16H20O3/c1-16(2,3)15-18-13(11-14(17)19-15)10-9-12-7-5-4-6-8-12/h4-8,11,15H,9-10H2,1-3H3. The molecule has 2 rings (SSSR count). The lowest BCUT2D eigenvalue weighted by Crippen LogP contribution is -2.36. The van der Waals surface area contributed by atoms with Crippen LogP contribution in [0.5, 0.6) is 0 Å². The van der Waals surface area contributed by atoms with Gasteiger partial charge in [-0.25, -0.2) is 4.79 Å². The number of rotatable bonds is 3. The van der Waals surface area contributed by atoms with E-state index in [9.17, 15) is 4.79 Å². The van der Waals surface area contributed by atoms with Crippen LogP contribution in [0.2, 0.25) is 0 Å². The van der Waals surface area contributed by atoms with E-state index in [0.717, 1.165) is 6.42 Å². The van der Waals surface area contributed by atoms with Crippen molar-refractivity contribution in [2.75, 3.05) is 0 Å². The van der Waals surface area contributed by atoms with Crippen molar-refractivity contribution in [2.45, 2.75) is 39.9 Å². The van der Waals surface area contributed by atoms with Gasteiger partial charge in [0.15, 0.2) is 0 Å². The molecular formula is C16H20O3. The summed E-state index contributed by atoms with van der Waals surface area (Å²) in [6.07, 6.45) is 2.52. The number of aryl methyl sites for hydroxylation is 1. The lowest BCUT2D eigenvalue weighted by molar-refractivity contribution is -0.195. The molecule has 0 saturated carbocycles. The van der Waals surface area contributed by atoms with E-state index in [0.29, 0.717) is 12.2 Å². The summed E-state index contributed by atoms with van der Waals surface area (Å²) in [6.45, 7) is 5.97. The average Bonchev–Trinajstić information content (AvgIpc) is 2.36.